The monoisotopic (exact) mass is 488 g/mol. The third-order valence-corrected chi connectivity index (χ3v) is 7.46. The van der Waals surface area contributed by atoms with Crippen LogP contribution in [0.25, 0.3) is 0 Å². The predicted octanol–water partition coefficient (Wildman–Crippen LogP) is 5.54. The summed E-state index contributed by atoms with van der Waals surface area (Å²) in [6.45, 7) is 10.9. The third-order valence-electron chi connectivity index (χ3n) is 7.46. The molecule has 6 heteroatoms. The van der Waals surface area contributed by atoms with E-state index in [9.17, 15) is 15.3 Å². The molecule has 1 fully saturated rings. The Hall–Kier alpha value is -0.240. The molecule has 1 aliphatic heterocycles. The molecule has 0 aromatic rings. The van der Waals surface area contributed by atoms with E-state index in [1.807, 2.05) is 6.92 Å². The van der Waals surface area contributed by atoms with E-state index in [0.29, 0.717) is 13.0 Å². The maximum atomic E-state index is 11.2. The van der Waals surface area contributed by atoms with Crippen LogP contribution in [0.15, 0.2) is 0 Å². The van der Waals surface area contributed by atoms with Crippen LogP contribution in [0.5, 0.6) is 0 Å². The van der Waals surface area contributed by atoms with Crippen molar-refractivity contribution in [2.75, 3.05) is 13.2 Å². The summed E-state index contributed by atoms with van der Waals surface area (Å²) >= 11 is 0. The second-order valence-corrected chi connectivity index (χ2v) is 10.2. The van der Waals surface area contributed by atoms with Crippen molar-refractivity contribution >= 4 is 0 Å². The molecule has 0 saturated carbocycles. The van der Waals surface area contributed by atoms with Gasteiger partial charge in [0.05, 0.1) is 18.3 Å². The Morgan fingerprint density at radius 3 is 2.00 bits per heavy atom. The van der Waals surface area contributed by atoms with Gasteiger partial charge in [0, 0.05) is 6.61 Å². The molecule has 1 rings (SSSR count). The molecule has 7 atom stereocenters. The fourth-order valence-electron chi connectivity index (χ4n) is 5.31. The van der Waals surface area contributed by atoms with Crippen LogP contribution >= 0.6 is 0 Å². The number of rotatable bonds is 20. The normalized spacial score (nSPS) is 28.1. The third kappa shape index (κ3) is 9.67. The Labute approximate surface area is 209 Å². The van der Waals surface area contributed by atoms with E-state index >= 15 is 0 Å². The molecule has 0 bridgehead atoms. The van der Waals surface area contributed by atoms with Gasteiger partial charge in [0.15, 0.2) is 0 Å². The first-order valence-electron chi connectivity index (χ1n) is 14.4. The summed E-state index contributed by atoms with van der Waals surface area (Å²) < 4.78 is 18.9. The summed E-state index contributed by atoms with van der Waals surface area (Å²) in [6, 6.07) is 0. The minimum atomic E-state index is -1.13. The molecular weight excluding hydrogens is 432 g/mol. The van der Waals surface area contributed by atoms with Gasteiger partial charge in [0.25, 0.3) is 0 Å². The molecule has 1 saturated heterocycles. The molecule has 0 aliphatic carbocycles. The number of hydrogen-bond donors (Lipinski definition) is 3. The molecule has 0 aromatic carbocycles. The van der Waals surface area contributed by atoms with Gasteiger partial charge >= 0.3 is 0 Å². The second-order valence-electron chi connectivity index (χ2n) is 10.2. The Bertz CT molecular complexity index is 488. The number of ether oxygens (including phenoxy) is 3. The Morgan fingerprint density at radius 2 is 1.47 bits per heavy atom. The lowest BCUT2D eigenvalue weighted by molar-refractivity contribution is -0.293. The SMILES string of the molecule is CCCCCCCCCCOC(CC)(CCC)C1OC(CO)[C@@H](OC(CC)CCC)[C@H](O)[C@H]1O. The zero-order chi connectivity index (χ0) is 25.4. The minimum absolute atomic E-state index is 0.0316. The Kier molecular flexibility index (Phi) is 16.9. The van der Waals surface area contributed by atoms with E-state index in [4.69, 9.17) is 14.2 Å². The van der Waals surface area contributed by atoms with E-state index in [-0.39, 0.29) is 12.7 Å². The molecule has 1 aliphatic rings. The number of aliphatic hydroxyl groups excluding tert-OH is 3. The van der Waals surface area contributed by atoms with Crippen molar-refractivity contribution in [3.63, 3.8) is 0 Å². The molecule has 6 nitrogen and oxygen atoms in total. The maximum Gasteiger partial charge on any atom is 0.115 e. The van der Waals surface area contributed by atoms with Crippen molar-refractivity contribution < 1.29 is 29.5 Å². The lowest BCUT2D eigenvalue weighted by Crippen LogP contribution is -2.66. The second kappa shape index (κ2) is 18.1. The highest BCUT2D eigenvalue weighted by atomic mass is 16.6. The summed E-state index contributed by atoms with van der Waals surface area (Å²) in [5, 5.41) is 32.3. The number of hydrogen-bond acceptors (Lipinski definition) is 6. The maximum absolute atomic E-state index is 11.2. The van der Waals surface area contributed by atoms with Gasteiger partial charge in [-0.15, -0.1) is 0 Å². The standard InChI is InChI=1S/C28H56O6/c1-6-11-12-13-14-15-16-17-20-32-28(10-5,19-8-3)27-25(31)24(30)26(23(21-29)34-27)33-22(9-4)18-7-2/h22-27,29-31H,6-21H2,1-5H3/t22?,23?,24-,25-,26-,27?,28?/m1/s1. The van der Waals surface area contributed by atoms with Gasteiger partial charge < -0.3 is 29.5 Å². The van der Waals surface area contributed by atoms with E-state index in [1.54, 1.807) is 0 Å². The molecule has 0 radical (unpaired) electrons. The zero-order valence-electron chi connectivity index (χ0n) is 22.8. The highest BCUT2D eigenvalue weighted by molar-refractivity contribution is 5.02. The van der Waals surface area contributed by atoms with Gasteiger partial charge in [-0.05, 0) is 32.1 Å². The van der Waals surface area contributed by atoms with Crippen LogP contribution in [0.1, 0.15) is 125 Å². The summed E-state index contributed by atoms with van der Waals surface area (Å²) in [5.74, 6) is 0. The number of aliphatic hydroxyl groups is 3. The van der Waals surface area contributed by atoms with Gasteiger partial charge in [-0.3, -0.25) is 0 Å². The van der Waals surface area contributed by atoms with Crippen molar-refractivity contribution in [3.8, 4) is 0 Å². The van der Waals surface area contributed by atoms with Gasteiger partial charge in [-0.25, -0.2) is 0 Å². The molecule has 1 heterocycles. The van der Waals surface area contributed by atoms with Crippen LogP contribution < -0.4 is 0 Å². The van der Waals surface area contributed by atoms with Gasteiger partial charge in [0.1, 0.15) is 30.5 Å². The molecule has 0 amide bonds. The fourth-order valence-corrected chi connectivity index (χ4v) is 5.31. The first-order valence-corrected chi connectivity index (χ1v) is 14.4. The van der Waals surface area contributed by atoms with Gasteiger partial charge in [0.2, 0.25) is 0 Å². The molecule has 204 valence electrons. The lowest BCUT2D eigenvalue weighted by Gasteiger charge is -2.50. The van der Waals surface area contributed by atoms with Crippen LogP contribution in [0.3, 0.4) is 0 Å². The lowest BCUT2D eigenvalue weighted by atomic mass is 9.80. The molecule has 34 heavy (non-hydrogen) atoms. The summed E-state index contributed by atoms with van der Waals surface area (Å²) in [4.78, 5) is 0. The average Bonchev–Trinajstić information content (AvgIpc) is 2.84. The summed E-state index contributed by atoms with van der Waals surface area (Å²) in [6.07, 6.45) is 10.4. The molecule has 3 N–H and O–H groups in total. The quantitative estimate of drug-likeness (QED) is 0.195. The van der Waals surface area contributed by atoms with Crippen molar-refractivity contribution in [3.05, 3.63) is 0 Å². The highest BCUT2D eigenvalue weighted by Gasteiger charge is 2.53. The largest absolute Gasteiger partial charge is 0.394 e. The zero-order valence-corrected chi connectivity index (χ0v) is 22.8. The molecule has 0 aromatic heterocycles. The van der Waals surface area contributed by atoms with E-state index < -0.39 is 36.1 Å². The van der Waals surface area contributed by atoms with E-state index in [1.165, 1.54) is 38.5 Å². The first-order chi connectivity index (χ1) is 16.4. The highest BCUT2D eigenvalue weighted by Crippen LogP contribution is 2.37. The topological polar surface area (TPSA) is 88.4 Å². The predicted molar refractivity (Wildman–Crippen MR) is 138 cm³/mol. The molecular formula is C28H56O6. The molecule has 0 spiro atoms. The van der Waals surface area contributed by atoms with Gasteiger partial charge in [-0.1, -0.05) is 92.4 Å². The van der Waals surface area contributed by atoms with Crippen LogP contribution in [-0.4, -0.2) is 70.8 Å². The van der Waals surface area contributed by atoms with Crippen molar-refractivity contribution in [1.82, 2.24) is 0 Å². The smallest absolute Gasteiger partial charge is 0.115 e. The van der Waals surface area contributed by atoms with Crippen LogP contribution in [-0.2, 0) is 14.2 Å². The van der Waals surface area contributed by atoms with Crippen LogP contribution in [0.4, 0.5) is 0 Å². The van der Waals surface area contributed by atoms with Crippen molar-refractivity contribution in [1.29, 1.82) is 0 Å². The van der Waals surface area contributed by atoms with Gasteiger partial charge in [-0.2, -0.15) is 0 Å². The van der Waals surface area contributed by atoms with E-state index in [2.05, 4.69) is 27.7 Å². The van der Waals surface area contributed by atoms with Crippen LogP contribution in [0.2, 0.25) is 0 Å². The first kappa shape index (κ1) is 31.8. The minimum Gasteiger partial charge on any atom is -0.394 e. The van der Waals surface area contributed by atoms with Crippen molar-refractivity contribution in [2.24, 2.45) is 0 Å². The van der Waals surface area contributed by atoms with Crippen LogP contribution in [0, 0.1) is 0 Å². The van der Waals surface area contributed by atoms with Crippen molar-refractivity contribution in [2.45, 2.75) is 167 Å². The average molecular weight is 489 g/mol. The fraction of sp³-hybridized carbons (Fsp3) is 1.00. The Balaban J connectivity index is 2.78. The molecule has 4 unspecified atom stereocenters. The number of unbranched alkanes of at least 4 members (excludes halogenated alkanes) is 7. The Morgan fingerprint density at radius 1 is 0.824 bits per heavy atom. The summed E-state index contributed by atoms with van der Waals surface area (Å²) in [7, 11) is 0. The van der Waals surface area contributed by atoms with E-state index in [0.717, 1.165) is 44.9 Å². The summed E-state index contributed by atoms with van der Waals surface area (Å²) in [5.41, 5.74) is -0.692.